The summed E-state index contributed by atoms with van der Waals surface area (Å²) < 4.78 is 6.98. The van der Waals surface area contributed by atoms with Gasteiger partial charge in [0.1, 0.15) is 16.9 Å². The van der Waals surface area contributed by atoms with Gasteiger partial charge in [-0.15, -0.1) is 11.3 Å². The topological polar surface area (TPSA) is 47.4 Å². The molecule has 1 fully saturated rings. The molecule has 0 atom stereocenters. The van der Waals surface area contributed by atoms with Crippen LogP contribution in [0.3, 0.4) is 0 Å². The Balaban J connectivity index is 1.57. The third-order valence-corrected chi connectivity index (χ3v) is 6.05. The summed E-state index contributed by atoms with van der Waals surface area (Å²) in [6, 6.07) is 10.7. The van der Waals surface area contributed by atoms with Crippen LogP contribution in [0, 0.1) is 0 Å². The van der Waals surface area contributed by atoms with Gasteiger partial charge in [0, 0.05) is 17.5 Å². The molecule has 0 amide bonds. The molecule has 136 valence electrons. The zero-order chi connectivity index (χ0) is 18.1. The van der Waals surface area contributed by atoms with E-state index in [2.05, 4.69) is 28.9 Å². The normalized spacial score (nSPS) is 14.3. The highest BCUT2D eigenvalue weighted by molar-refractivity contribution is 7.18. The molecule has 0 radical (unpaired) electrons. The lowest BCUT2D eigenvalue weighted by Gasteiger charge is -2.23. The molecule has 6 heteroatoms. The van der Waals surface area contributed by atoms with E-state index in [1.54, 1.807) is 29.3 Å². The standard InChI is InChI=1S/C20H23N3O2S/c1-3-17-10-18-19(26-17)21-12-23(20(18)24)13-22(15-6-7-15)11-14-4-8-16(25-2)9-5-14/h4-5,8-10,12,15H,3,6-7,11,13H2,1-2H3. The van der Waals surface area contributed by atoms with E-state index in [9.17, 15) is 4.79 Å². The Morgan fingerprint density at radius 3 is 2.73 bits per heavy atom. The Kier molecular flexibility index (Phi) is 4.78. The van der Waals surface area contributed by atoms with Crippen molar-refractivity contribution in [1.29, 1.82) is 0 Å². The van der Waals surface area contributed by atoms with E-state index in [1.807, 2.05) is 18.2 Å². The number of ether oxygens (including phenoxy) is 1. The Labute approximate surface area is 156 Å². The van der Waals surface area contributed by atoms with Crippen LogP contribution in [0.15, 0.2) is 41.5 Å². The first-order valence-electron chi connectivity index (χ1n) is 9.02. The van der Waals surface area contributed by atoms with Crippen molar-refractivity contribution in [3.8, 4) is 5.75 Å². The van der Waals surface area contributed by atoms with Gasteiger partial charge in [0.2, 0.25) is 0 Å². The van der Waals surface area contributed by atoms with Gasteiger partial charge in [-0.25, -0.2) is 4.98 Å². The van der Waals surface area contributed by atoms with Crippen LogP contribution in [-0.2, 0) is 19.6 Å². The van der Waals surface area contributed by atoms with Crippen LogP contribution in [0.4, 0.5) is 0 Å². The number of methoxy groups -OCH3 is 1. The van der Waals surface area contributed by atoms with Crippen LogP contribution < -0.4 is 10.3 Å². The zero-order valence-electron chi connectivity index (χ0n) is 15.1. The van der Waals surface area contributed by atoms with E-state index < -0.39 is 0 Å². The molecule has 4 rings (SSSR count). The van der Waals surface area contributed by atoms with Crippen LogP contribution >= 0.6 is 11.3 Å². The van der Waals surface area contributed by atoms with Gasteiger partial charge in [0.25, 0.3) is 5.56 Å². The molecular formula is C20H23N3O2S. The number of rotatable bonds is 7. The van der Waals surface area contributed by atoms with Crippen LogP contribution in [0.5, 0.6) is 5.75 Å². The smallest absolute Gasteiger partial charge is 0.263 e. The highest BCUT2D eigenvalue weighted by Crippen LogP contribution is 2.29. The van der Waals surface area contributed by atoms with Crippen molar-refractivity contribution in [3.63, 3.8) is 0 Å². The molecule has 2 aromatic heterocycles. The first-order chi connectivity index (χ1) is 12.7. The number of benzene rings is 1. The number of thiophene rings is 1. The van der Waals surface area contributed by atoms with Gasteiger partial charge in [0.15, 0.2) is 0 Å². The molecule has 0 aliphatic heterocycles. The maximum atomic E-state index is 12.9. The van der Waals surface area contributed by atoms with Crippen molar-refractivity contribution in [1.82, 2.24) is 14.5 Å². The SMILES string of the molecule is CCc1cc2c(=O)n(CN(Cc3ccc(OC)cc3)C3CC3)cnc2s1. The maximum Gasteiger partial charge on any atom is 0.263 e. The van der Waals surface area contributed by atoms with Gasteiger partial charge in [-0.05, 0) is 43.0 Å². The third kappa shape index (κ3) is 3.52. The van der Waals surface area contributed by atoms with Gasteiger partial charge in [-0.1, -0.05) is 19.1 Å². The fourth-order valence-corrected chi connectivity index (χ4v) is 4.11. The lowest BCUT2D eigenvalue weighted by Crippen LogP contribution is -2.33. The molecule has 0 spiro atoms. The minimum absolute atomic E-state index is 0.0614. The number of aromatic nitrogens is 2. The number of nitrogens with zero attached hydrogens (tertiary/aromatic N) is 3. The molecule has 5 nitrogen and oxygen atoms in total. The number of hydrogen-bond acceptors (Lipinski definition) is 5. The predicted molar refractivity (Wildman–Crippen MR) is 105 cm³/mol. The molecule has 0 unspecified atom stereocenters. The average Bonchev–Trinajstić information content (AvgIpc) is 3.42. The van der Waals surface area contributed by atoms with E-state index in [0.29, 0.717) is 12.7 Å². The predicted octanol–water partition coefficient (Wildman–Crippen LogP) is 3.65. The van der Waals surface area contributed by atoms with E-state index in [4.69, 9.17) is 4.74 Å². The fraction of sp³-hybridized carbons (Fsp3) is 0.400. The van der Waals surface area contributed by atoms with E-state index in [0.717, 1.165) is 28.9 Å². The number of fused-ring (bicyclic) bond motifs is 1. The second-order valence-electron chi connectivity index (χ2n) is 6.77. The molecule has 0 saturated heterocycles. The summed E-state index contributed by atoms with van der Waals surface area (Å²) in [5.41, 5.74) is 1.29. The van der Waals surface area contributed by atoms with Crippen LogP contribution in [-0.4, -0.2) is 27.6 Å². The first kappa shape index (κ1) is 17.2. The van der Waals surface area contributed by atoms with E-state index in [1.165, 1.54) is 23.3 Å². The Morgan fingerprint density at radius 2 is 2.08 bits per heavy atom. The summed E-state index contributed by atoms with van der Waals surface area (Å²) in [6.45, 7) is 3.51. The number of hydrogen-bond donors (Lipinski definition) is 0. The summed E-state index contributed by atoms with van der Waals surface area (Å²) in [5, 5.41) is 0.745. The van der Waals surface area contributed by atoms with Gasteiger partial charge in [0.05, 0.1) is 19.2 Å². The minimum atomic E-state index is 0.0614. The van der Waals surface area contributed by atoms with Gasteiger partial charge < -0.3 is 4.74 Å². The van der Waals surface area contributed by atoms with E-state index in [-0.39, 0.29) is 5.56 Å². The van der Waals surface area contributed by atoms with Crippen LogP contribution in [0.25, 0.3) is 10.2 Å². The molecule has 0 bridgehead atoms. The molecule has 1 aliphatic rings. The molecular weight excluding hydrogens is 346 g/mol. The molecule has 1 aromatic carbocycles. The summed E-state index contributed by atoms with van der Waals surface area (Å²) in [7, 11) is 1.68. The zero-order valence-corrected chi connectivity index (χ0v) is 16.0. The largest absolute Gasteiger partial charge is 0.497 e. The van der Waals surface area contributed by atoms with Crippen LogP contribution in [0.1, 0.15) is 30.2 Å². The van der Waals surface area contributed by atoms with Crippen molar-refractivity contribution in [2.75, 3.05) is 7.11 Å². The molecule has 2 heterocycles. The van der Waals surface area contributed by atoms with E-state index >= 15 is 0 Å². The van der Waals surface area contributed by atoms with Crippen molar-refractivity contribution in [2.24, 2.45) is 0 Å². The monoisotopic (exact) mass is 369 g/mol. The second kappa shape index (κ2) is 7.21. The number of aryl methyl sites for hydroxylation is 1. The van der Waals surface area contributed by atoms with Crippen molar-refractivity contribution < 1.29 is 4.74 Å². The molecule has 0 N–H and O–H groups in total. The highest BCUT2D eigenvalue weighted by Gasteiger charge is 2.29. The lowest BCUT2D eigenvalue weighted by molar-refractivity contribution is 0.195. The summed E-state index contributed by atoms with van der Waals surface area (Å²) >= 11 is 1.61. The highest BCUT2D eigenvalue weighted by atomic mass is 32.1. The Morgan fingerprint density at radius 1 is 1.31 bits per heavy atom. The van der Waals surface area contributed by atoms with Crippen LogP contribution in [0.2, 0.25) is 0 Å². The maximum absolute atomic E-state index is 12.9. The second-order valence-corrected chi connectivity index (χ2v) is 7.89. The minimum Gasteiger partial charge on any atom is -0.497 e. The lowest BCUT2D eigenvalue weighted by atomic mass is 10.2. The molecule has 1 aliphatic carbocycles. The summed E-state index contributed by atoms with van der Waals surface area (Å²) in [4.78, 5) is 21.8. The molecule has 26 heavy (non-hydrogen) atoms. The first-order valence-corrected chi connectivity index (χ1v) is 9.84. The van der Waals surface area contributed by atoms with Crippen molar-refractivity contribution in [3.05, 3.63) is 57.5 Å². The quantitative estimate of drug-likeness (QED) is 0.638. The molecule has 1 saturated carbocycles. The van der Waals surface area contributed by atoms with Gasteiger partial charge >= 0.3 is 0 Å². The molecule has 3 aromatic rings. The van der Waals surface area contributed by atoms with Gasteiger partial charge in [-0.2, -0.15) is 0 Å². The fourth-order valence-electron chi connectivity index (χ4n) is 3.18. The Bertz CT molecular complexity index is 957. The third-order valence-electron chi connectivity index (χ3n) is 4.86. The summed E-state index contributed by atoms with van der Waals surface area (Å²) in [6.07, 6.45) is 5.02. The van der Waals surface area contributed by atoms with Gasteiger partial charge in [-0.3, -0.25) is 14.3 Å². The van der Waals surface area contributed by atoms with Crippen molar-refractivity contribution >= 4 is 21.6 Å². The summed E-state index contributed by atoms with van der Waals surface area (Å²) in [5.74, 6) is 0.863. The Hall–Kier alpha value is -2.18. The average molecular weight is 369 g/mol. The van der Waals surface area contributed by atoms with Crippen molar-refractivity contribution in [2.45, 2.75) is 45.4 Å².